The summed E-state index contributed by atoms with van der Waals surface area (Å²) in [5.41, 5.74) is 1.48. The molecule has 0 amide bonds. The minimum atomic E-state index is 0.394. The van der Waals surface area contributed by atoms with E-state index < -0.39 is 0 Å². The zero-order chi connectivity index (χ0) is 11.9. The third-order valence-corrected chi connectivity index (χ3v) is 4.11. The first-order valence-electron chi connectivity index (χ1n) is 6.48. The highest BCUT2D eigenvalue weighted by Crippen LogP contribution is 2.16. The highest BCUT2D eigenvalue weighted by molar-refractivity contribution is 7.10. The zero-order valence-electron chi connectivity index (χ0n) is 10.5. The third kappa shape index (κ3) is 4.07. The van der Waals surface area contributed by atoms with Crippen LogP contribution < -0.4 is 10.6 Å². The fourth-order valence-electron chi connectivity index (χ4n) is 2.11. The van der Waals surface area contributed by atoms with Gasteiger partial charge in [-0.1, -0.05) is 6.92 Å². The van der Waals surface area contributed by atoms with Crippen LogP contribution in [0.2, 0.25) is 0 Å². The summed E-state index contributed by atoms with van der Waals surface area (Å²) >= 11 is 1.85. The third-order valence-electron chi connectivity index (χ3n) is 3.15. The normalized spacial score (nSPS) is 20.6. The van der Waals surface area contributed by atoms with Crippen LogP contribution in [0.25, 0.3) is 0 Å². The molecule has 17 heavy (non-hydrogen) atoms. The van der Waals surface area contributed by atoms with Crippen LogP contribution in [-0.2, 0) is 17.7 Å². The Bertz CT molecular complexity index is 321. The van der Waals surface area contributed by atoms with Gasteiger partial charge in [0.1, 0.15) is 0 Å². The van der Waals surface area contributed by atoms with Gasteiger partial charge in [0.25, 0.3) is 0 Å². The first-order chi connectivity index (χ1) is 8.40. The average Bonchev–Trinajstić information content (AvgIpc) is 2.83. The number of ether oxygens (including phenoxy) is 1. The van der Waals surface area contributed by atoms with Gasteiger partial charge in [0, 0.05) is 24.5 Å². The molecule has 1 fully saturated rings. The van der Waals surface area contributed by atoms with E-state index >= 15 is 0 Å². The molecule has 1 aliphatic heterocycles. The Morgan fingerprint density at radius 1 is 1.59 bits per heavy atom. The van der Waals surface area contributed by atoms with Crippen LogP contribution in [0.4, 0.5) is 0 Å². The van der Waals surface area contributed by atoms with Gasteiger partial charge in [-0.3, -0.25) is 0 Å². The van der Waals surface area contributed by atoms with Gasteiger partial charge >= 0.3 is 0 Å². The molecule has 3 nitrogen and oxygen atoms in total. The van der Waals surface area contributed by atoms with Crippen LogP contribution in [0.5, 0.6) is 0 Å². The minimum absolute atomic E-state index is 0.394. The molecule has 2 rings (SSSR count). The summed E-state index contributed by atoms with van der Waals surface area (Å²) in [7, 11) is 0. The van der Waals surface area contributed by atoms with Gasteiger partial charge in [-0.15, -0.1) is 11.3 Å². The van der Waals surface area contributed by atoms with Gasteiger partial charge in [-0.05, 0) is 36.4 Å². The van der Waals surface area contributed by atoms with E-state index in [0.717, 1.165) is 45.6 Å². The molecule has 0 bridgehead atoms. The summed E-state index contributed by atoms with van der Waals surface area (Å²) in [5.74, 6) is 0. The number of nitrogens with one attached hydrogen (secondary N) is 2. The number of aryl methyl sites for hydroxylation is 1. The van der Waals surface area contributed by atoms with E-state index in [1.165, 1.54) is 10.4 Å². The van der Waals surface area contributed by atoms with Gasteiger partial charge in [0.15, 0.2) is 0 Å². The maximum atomic E-state index is 5.66. The number of rotatable bonds is 6. The largest absolute Gasteiger partial charge is 0.376 e. The lowest BCUT2D eigenvalue weighted by Gasteiger charge is -2.23. The van der Waals surface area contributed by atoms with E-state index in [-0.39, 0.29) is 0 Å². The van der Waals surface area contributed by atoms with Gasteiger partial charge < -0.3 is 15.4 Å². The molecule has 1 aliphatic rings. The Kier molecular flexibility index (Phi) is 5.45. The predicted molar refractivity (Wildman–Crippen MR) is 72.6 cm³/mol. The molecule has 1 saturated heterocycles. The van der Waals surface area contributed by atoms with E-state index in [0.29, 0.717) is 6.10 Å². The van der Waals surface area contributed by atoms with Crippen molar-refractivity contribution in [1.29, 1.82) is 0 Å². The van der Waals surface area contributed by atoms with E-state index in [9.17, 15) is 0 Å². The molecule has 2 heterocycles. The molecule has 1 atom stereocenters. The number of thiophene rings is 1. The Labute approximate surface area is 108 Å². The second-order valence-electron chi connectivity index (χ2n) is 4.38. The molecule has 1 aromatic rings. The van der Waals surface area contributed by atoms with Crippen LogP contribution in [0.1, 0.15) is 23.8 Å². The van der Waals surface area contributed by atoms with E-state index in [1.807, 2.05) is 11.3 Å². The summed E-state index contributed by atoms with van der Waals surface area (Å²) in [6.45, 7) is 7.11. The zero-order valence-corrected chi connectivity index (χ0v) is 11.3. The molecule has 96 valence electrons. The lowest BCUT2D eigenvalue weighted by molar-refractivity contribution is 0.0238. The summed E-state index contributed by atoms with van der Waals surface area (Å²) in [4.78, 5) is 1.48. The molecule has 0 aliphatic carbocycles. The summed E-state index contributed by atoms with van der Waals surface area (Å²) < 4.78 is 5.66. The van der Waals surface area contributed by atoms with Crippen LogP contribution in [0.15, 0.2) is 11.4 Å². The van der Waals surface area contributed by atoms with Crippen LogP contribution in [0.3, 0.4) is 0 Å². The number of hydrogen-bond acceptors (Lipinski definition) is 4. The Balaban J connectivity index is 1.62. The monoisotopic (exact) mass is 254 g/mol. The van der Waals surface area contributed by atoms with Crippen molar-refractivity contribution >= 4 is 11.3 Å². The predicted octanol–water partition coefficient (Wildman–Crippen LogP) is 1.78. The Hall–Kier alpha value is -0.420. The second-order valence-corrected chi connectivity index (χ2v) is 5.39. The summed E-state index contributed by atoms with van der Waals surface area (Å²) in [6.07, 6.45) is 2.63. The molecule has 0 saturated carbocycles. The van der Waals surface area contributed by atoms with Gasteiger partial charge in [-0.2, -0.15) is 0 Å². The molecule has 1 aromatic heterocycles. The van der Waals surface area contributed by atoms with E-state index in [4.69, 9.17) is 4.74 Å². The SMILES string of the molecule is CCc1ccsc1CNCCC1CNCCO1. The molecule has 0 aromatic carbocycles. The average molecular weight is 254 g/mol. The standard InChI is InChI=1S/C13H22N2OS/c1-2-11-4-8-17-13(11)10-14-5-3-12-9-15-6-7-16-12/h4,8,12,14-15H,2-3,5-7,9-10H2,1H3. The Morgan fingerprint density at radius 2 is 2.53 bits per heavy atom. The molecule has 2 N–H and O–H groups in total. The maximum absolute atomic E-state index is 5.66. The lowest BCUT2D eigenvalue weighted by atomic mass is 10.2. The van der Waals surface area contributed by atoms with E-state index in [2.05, 4.69) is 29.0 Å². The molecular formula is C13H22N2OS. The molecule has 0 radical (unpaired) electrons. The Morgan fingerprint density at radius 3 is 3.29 bits per heavy atom. The number of morpholine rings is 1. The van der Waals surface area contributed by atoms with Crippen molar-refractivity contribution in [3.05, 3.63) is 21.9 Å². The smallest absolute Gasteiger partial charge is 0.0712 e. The minimum Gasteiger partial charge on any atom is -0.376 e. The highest BCUT2D eigenvalue weighted by atomic mass is 32.1. The summed E-state index contributed by atoms with van der Waals surface area (Å²) in [6, 6.07) is 2.23. The van der Waals surface area contributed by atoms with Crippen LogP contribution in [0, 0.1) is 0 Å². The quantitative estimate of drug-likeness (QED) is 0.759. The van der Waals surface area contributed by atoms with Crippen molar-refractivity contribution in [2.45, 2.75) is 32.4 Å². The van der Waals surface area contributed by atoms with Gasteiger partial charge in [0.2, 0.25) is 0 Å². The van der Waals surface area contributed by atoms with Crippen molar-refractivity contribution in [3.8, 4) is 0 Å². The lowest BCUT2D eigenvalue weighted by Crippen LogP contribution is -2.39. The van der Waals surface area contributed by atoms with Crippen molar-refractivity contribution < 1.29 is 4.74 Å². The fourth-order valence-corrected chi connectivity index (χ4v) is 3.05. The maximum Gasteiger partial charge on any atom is 0.0712 e. The fraction of sp³-hybridized carbons (Fsp3) is 0.692. The van der Waals surface area contributed by atoms with Gasteiger partial charge in [0.05, 0.1) is 12.7 Å². The first-order valence-corrected chi connectivity index (χ1v) is 7.36. The van der Waals surface area contributed by atoms with Crippen molar-refractivity contribution in [2.24, 2.45) is 0 Å². The molecule has 0 spiro atoms. The first kappa shape index (κ1) is 13.0. The van der Waals surface area contributed by atoms with Crippen LogP contribution in [-0.4, -0.2) is 32.3 Å². The topological polar surface area (TPSA) is 33.3 Å². The highest BCUT2D eigenvalue weighted by Gasteiger charge is 2.12. The molecule has 1 unspecified atom stereocenters. The second kappa shape index (κ2) is 7.11. The van der Waals surface area contributed by atoms with Crippen LogP contribution >= 0.6 is 11.3 Å². The summed E-state index contributed by atoms with van der Waals surface area (Å²) in [5, 5.41) is 9.05. The van der Waals surface area contributed by atoms with E-state index in [1.54, 1.807) is 0 Å². The van der Waals surface area contributed by atoms with Crippen molar-refractivity contribution in [1.82, 2.24) is 10.6 Å². The van der Waals surface area contributed by atoms with Crippen molar-refractivity contribution in [3.63, 3.8) is 0 Å². The molecule has 4 heteroatoms. The number of hydrogen-bond donors (Lipinski definition) is 2. The molecular weight excluding hydrogens is 232 g/mol. The van der Waals surface area contributed by atoms with Crippen molar-refractivity contribution in [2.75, 3.05) is 26.2 Å². The van der Waals surface area contributed by atoms with Gasteiger partial charge in [-0.25, -0.2) is 0 Å².